The van der Waals surface area contributed by atoms with Crippen LogP contribution in [-0.2, 0) is 13.6 Å². The maximum absolute atomic E-state index is 8.97. The third-order valence-electron chi connectivity index (χ3n) is 2.34. The molecule has 1 N–H and O–H groups in total. The second-order valence-corrected chi connectivity index (χ2v) is 3.89. The number of aryl methyl sites for hydroxylation is 1. The van der Waals surface area contributed by atoms with Crippen molar-refractivity contribution >= 4 is 17.3 Å². The highest BCUT2D eigenvalue weighted by atomic mass is 35.5. The molecule has 17 heavy (non-hydrogen) atoms. The molecule has 86 valence electrons. The lowest BCUT2D eigenvalue weighted by molar-refractivity contribution is 0.712. The third-order valence-corrected chi connectivity index (χ3v) is 2.58. The summed E-state index contributed by atoms with van der Waals surface area (Å²) in [4.78, 5) is 4.08. The molecule has 0 aliphatic heterocycles. The van der Waals surface area contributed by atoms with Gasteiger partial charge in [0.25, 0.3) is 0 Å². The van der Waals surface area contributed by atoms with E-state index in [0.29, 0.717) is 17.1 Å². The van der Waals surface area contributed by atoms with Crippen molar-refractivity contribution in [3.63, 3.8) is 0 Å². The van der Waals surface area contributed by atoms with Crippen molar-refractivity contribution < 1.29 is 0 Å². The molecule has 2 aromatic rings. The molecule has 0 radical (unpaired) electrons. The number of anilines is 1. The lowest BCUT2D eigenvalue weighted by atomic mass is 10.2. The van der Waals surface area contributed by atoms with E-state index in [1.807, 2.05) is 7.05 Å². The molecule has 6 heteroatoms. The SMILES string of the molecule is Cn1ncnc1CNc1ccc(Cl)cc1C#N. The maximum atomic E-state index is 8.97. The van der Waals surface area contributed by atoms with Crippen LogP contribution in [0.4, 0.5) is 5.69 Å². The summed E-state index contributed by atoms with van der Waals surface area (Å²) in [6.07, 6.45) is 1.49. The van der Waals surface area contributed by atoms with Gasteiger partial charge in [0.1, 0.15) is 18.2 Å². The molecule has 0 unspecified atom stereocenters. The van der Waals surface area contributed by atoms with Gasteiger partial charge in [-0.1, -0.05) is 11.6 Å². The van der Waals surface area contributed by atoms with Crippen LogP contribution in [-0.4, -0.2) is 14.8 Å². The third kappa shape index (κ3) is 2.55. The number of nitriles is 1. The van der Waals surface area contributed by atoms with Gasteiger partial charge in [0.2, 0.25) is 0 Å². The normalized spacial score (nSPS) is 9.94. The molecule has 0 atom stereocenters. The zero-order valence-corrected chi connectivity index (χ0v) is 9.94. The number of nitrogens with zero attached hydrogens (tertiary/aromatic N) is 4. The molecule has 1 heterocycles. The number of hydrogen-bond donors (Lipinski definition) is 1. The molecule has 0 aliphatic rings. The first kappa shape index (κ1) is 11.4. The minimum atomic E-state index is 0.507. The Labute approximate surface area is 104 Å². The zero-order valence-electron chi connectivity index (χ0n) is 9.18. The summed E-state index contributed by atoms with van der Waals surface area (Å²) >= 11 is 5.82. The van der Waals surface area contributed by atoms with Gasteiger partial charge >= 0.3 is 0 Å². The van der Waals surface area contributed by atoms with Gasteiger partial charge in [0, 0.05) is 12.1 Å². The Hall–Kier alpha value is -2.06. The van der Waals surface area contributed by atoms with Crippen LogP contribution in [0, 0.1) is 11.3 Å². The fraction of sp³-hybridized carbons (Fsp3) is 0.182. The van der Waals surface area contributed by atoms with Crippen LogP contribution in [0.3, 0.4) is 0 Å². The van der Waals surface area contributed by atoms with E-state index in [1.54, 1.807) is 22.9 Å². The highest BCUT2D eigenvalue weighted by Crippen LogP contribution is 2.20. The Bertz CT molecular complexity index is 569. The average Bonchev–Trinajstić information content (AvgIpc) is 2.73. The van der Waals surface area contributed by atoms with Crippen molar-refractivity contribution in [1.82, 2.24) is 14.8 Å². The molecule has 0 bridgehead atoms. The summed E-state index contributed by atoms with van der Waals surface area (Å²) in [6, 6.07) is 7.23. The van der Waals surface area contributed by atoms with Crippen LogP contribution >= 0.6 is 11.6 Å². The average molecular weight is 248 g/mol. The molecule has 0 spiro atoms. The highest BCUT2D eigenvalue weighted by Gasteiger charge is 2.04. The first-order valence-electron chi connectivity index (χ1n) is 4.97. The fourth-order valence-corrected chi connectivity index (χ4v) is 1.59. The molecular formula is C11H10ClN5. The zero-order chi connectivity index (χ0) is 12.3. The Balaban J connectivity index is 2.15. The molecule has 5 nitrogen and oxygen atoms in total. The van der Waals surface area contributed by atoms with Gasteiger partial charge < -0.3 is 5.32 Å². The summed E-state index contributed by atoms with van der Waals surface area (Å²) in [5.41, 5.74) is 1.25. The van der Waals surface area contributed by atoms with Crippen LogP contribution in [0.2, 0.25) is 5.02 Å². The monoisotopic (exact) mass is 247 g/mol. The van der Waals surface area contributed by atoms with Gasteiger partial charge in [-0.05, 0) is 18.2 Å². The van der Waals surface area contributed by atoms with Crippen molar-refractivity contribution in [1.29, 1.82) is 5.26 Å². The van der Waals surface area contributed by atoms with E-state index in [1.165, 1.54) is 6.33 Å². The molecule has 2 rings (SSSR count). The van der Waals surface area contributed by atoms with E-state index in [4.69, 9.17) is 16.9 Å². The summed E-state index contributed by atoms with van der Waals surface area (Å²) in [5.74, 6) is 0.795. The fourth-order valence-electron chi connectivity index (χ4n) is 1.42. The van der Waals surface area contributed by atoms with Gasteiger partial charge in [-0.15, -0.1) is 0 Å². The number of nitrogens with one attached hydrogen (secondary N) is 1. The van der Waals surface area contributed by atoms with E-state index in [0.717, 1.165) is 11.5 Å². The van der Waals surface area contributed by atoms with E-state index in [-0.39, 0.29) is 0 Å². The Morgan fingerprint density at radius 1 is 1.53 bits per heavy atom. The van der Waals surface area contributed by atoms with E-state index in [2.05, 4.69) is 21.5 Å². The molecule has 1 aromatic heterocycles. The largest absolute Gasteiger partial charge is 0.377 e. The summed E-state index contributed by atoms with van der Waals surface area (Å²) in [5, 5.41) is 16.6. The predicted molar refractivity (Wildman–Crippen MR) is 64.5 cm³/mol. The molecule has 1 aromatic carbocycles. The number of hydrogen-bond acceptors (Lipinski definition) is 4. The minimum absolute atomic E-state index is 0.507. The predicted octanol–water partition coefficient (Wildman–Crippen LogP) is 1.95. The molecule has 0 fully saturated rings. The molecular weight excluding hydrogens is 238 g/mol. The van der Waals surface area contributed by atoms with E-state index < -0.39 is 0 Å². The van der Waals surface area contributed by atoms with Gasteiger partial charge in [-0.3, -0.25) is 4.68 Å². The van der Waals surface area contributed by atoms with E-state index in [9.17, 15) is 0 Å². The van der Waals surface area contributed by atoms with Crippen molar-refractivity contribution in [2.75, 3.05) is 5.32 Å². The van der Waals surface area contributed by atoms with Crippen molar-refractivity contribution in [2.45, 2.75) is 6.54 Å². The van der Waals surface area contributed by atoms with Crippen molar-refractivity contribution in [3.05, 3.63) is 40.9 Å². The first-order valence-corrected chi connectivity index (χ1v) is 5.35. The number of rotatable bonds is 3. The number of aromatic nitrogens is 3. The summed E-state index contributed by atoms with van der Waals surface area (Å²) < 4.78 is 1.68. The van der Waals surface area contributed by atoms with Crippen molar-refractivity contribution in [2.24, 2.45) is 7.05 Å². The first-order chi connectivity index (χ1) is 8.20. The number of halogens is 1. The Morgan fingerprint density at radius 2 is 2.35 bits per heavy atom. The number of benzene rings is 1. The standard InChI is InChI=1S/C11H10ClN5/c1-17-11(15-7-16-17)6-14-10-3-2-9(12)4-8(10)5-13/h2-4,7,14H,6H2,1H3. The summed E-state index contributed by atoms with van der Waals surface area (Å²) in [6.45, 7) is 0.507. The smallest absolute Gasteiger partial charge is 0.145 e. The van der Waals surface area contributed by atoms with Crippen LogP contribution < -0.4 is 5.32 Å². The second kappa shape index (κ2) is 4.85. The van der Waals surface area contributed by atoms with Gasteiger partial charge in [0.05, 0.1) is 17.8 Å². The van der Waals surface area contributed by atoms with Crippen molar-refractivity contribution in [3.8, 4) is 6.07 Å². The lowest BCUT2D eigenvalue weighted by Gasteiger charge is -2.07. The van der Waals surface area contributed by atoms with Crippen LogP contribution in [0.25, 0.3) is 0 Å². The molecule has 0 saturated carbocycles. The highest BCUT2D eigenvalue weighted by molar-refractivity contribution is 6.30. The lowest BCUT2D eigenvalue weighted by Crippen LogP contribution is -2.07. The molecule has 0 aliphatic carbocycles. The van der Waals surface area contributed by atoms with Crippen LogP contribution in [0.5, 0.6) is 0 Å². The minimum Gasteiger partial charge on any atom is -0.377 e. The molecule has 0 amide bonds. The maximum Gasteiger partial charge on any atom is 0.145 e. The van der Waals surface area contributed by atoms with Crippen LogP contribution in [0.15, 0.2) is 24.5 Å². The van der Waals surface area contributed by atoms with Crippen LogP contribution in [0.1, 0.15) is 11.4 Å². The second-order valence-electron chi connectivity index (χ2n) is 3.46. The summed E-state index contributed by atoms with van der Waals surface area (Å²) in [7, 11) is 1.82. The topological polar surface area (TPSA) is 66.5 Å². The van der Waals surface area contributed by atoms with E-state index >= 15 is 0 Å². The molecule has 0 saturated heterocycles. The Kier molecular flexibility index (Phi) is 3.26. The quantitative estimate of drug-likeness (QED) is 0.900. The Morgan fingerprint density at radius 3 is 3.00 bits per heavy atom. The van der Waals surface area contributed by atoms with Gasteiger partial charge in [-0.2, -0.15) is 10.4 Å². The van der Waals surface area contributed by atoms with Gasteiger partial charge in [0.15, 0.2) is 0 Å². The van der Waals surface area contributed by atoms with Gasteiger partial charge in [-0.25, -0.2) is 4.98 Å².